The van der Waals surface area contributed by atoms with Crippen LogP contribution in [0.3, 0.4) is 0 Å². The van der Waals surface area contributed by atoms with Crippen molar-refractivity contribution < 1.29 is 24.5 Å². The molecule has 0 radical (unpaired) electrons. The number of amides is 1. The topological polar surface area (TPSA) is 95.9 Å². The number of rotatable bonds is 65. The average molecular weight is 1070 g/mol. The first-order valence-electron chi connectivity index (χ1n) is 34.6. The molecular weight excluding hydrogens is 935 g/mol. The Morgan fingerprint density at radius 1 is 0.368 bits per heavy atom. The molecule has 2 atom stereocenters. The average Bonchev–Trinajstić information content (AvgIpc) is 3.42. The van der Waals surface area contributed by atoms with Crippen LogP contribution in [-0.2, 0) is 14.3 Å². The third-order valence-electron chi connectivity index (χ3n) is 16.3. The normalized spacial score (nSPS) is 12.6. The highest BCUT2D eigenvalue weighted by Gasteiger charge is 2.20. The molecule has 6 heteroatoms. The second-order valence-corrected chi connectivity index (χ2v) is 23.9. The minimum absolute atomic E-state index is 0.0174. The highest BCUT2D eigenvalue weighted by molar-refractivity contribution is 5.76. The van der Waals surface area contributed by atoms with Crippen molar-refractivity contribution in [3.63, 3.8) is 0 Å². The van der Waals surface area contributed by atoms with E-state index in [9.17, 15) is 19.8 Å². The fourth-order valence-electron chi connectivity index (χ4n) is 11.0. The predicted octanol–water partition coefficient (Wildman–Crippen LogP) is 22.1. The van der Waals surface area contributed by atoms with E-state index in [1.54, 1.807) is 0 Å². The minimum Gasteiger partial charge on any atom is -0.466 e. The summed E-state index contributed by atoms with van der Waals surface area (Å²) >= 11 is 0. The molecular formula is C70H135NO5. The van der Waals surface area contributed by atoms with Gasteiger partial charge in [-0.2, -0.15) is 0 Å². The van der Waals surface area contributed by atoms with Gasteiger partial charge in [0, 0.05) is 12.8 Å². The SMILES string of the molecule is CCCCCCCCCCCCCCCCCCCCCC(=O)OCCCCCCCCCCC/C=C\C/C=C\CCCCCCCCCCCCCCCC(=O)NC(CO)C(O)CCCCCCCCCCCCC. The molecule has 450 valence electrons. The van der Waals surface area contributed by atoms with Gasteiger partial charge in [0.05, 0.1) is 25.4 Å². The first kappa shape index (κ1) is 74.3. The largest absolute Gasteiger partial charge is 0.466 e. The molecule has 0 saturated heterocycles. The molecule has 0 spiro atoms. The number of carbonyl (C=O) groups excluding carboxylic acids is 2. The molecule has 2 unspecified atom stereocenters. The Morgan fingerprint density at radius 3 is 1.00 bits per heavy atom. The van der Waals surface area contributed by atoms with Crippen LogP contribution in [0, 0.1) is 0 Å². The summed E-state index contributed by atoms with van der Waals surface area (Å²) in [7, 11) is 0. The molecule has 0 aromatic carbocycles. The lowest BCUT2D eigenvalue weighted by molar-refractivity contribution is -0.143. The maximum absolute atomic E-state index is 12.5. The van der Waals surface area contributed by atoms with Crippen molar-refractivity contribution in [3.05, 3.63) is 24.3 Å². The van der Waals surface area contributed by atoms with Crippen LogP contribution in [0.1, 0.15) is 386 Å². The van der Waals surface area contributed by atoms with Gasteiger partial charge in [-0.3, -0.25) is 9.59 Å². The first-order chi connectivity index (χ1) is 37.5. The van der Waals surface area contributed by atoms with Gasteiger partial charge in [0.15, 0.2) is 0 Å². The van der Waals surface area contributed by atoms with Crippen molar-refractivity contribution in [2.75, 3.05) is 13.2 Å². The maximum atomic E-state index is 12.5. The van der Waals surface area contributed by atoms with Crippen LogP contribution in [0.25, 0.3) is 0 Å². The van der Waals surface area contributed by atoms with E-state index < -0.39 is 12.1 Å². The van der Waals surface area contributed by atoms with Gasteiger partial charge in [0.2, 0.25) is 5.91 Å². The molecule has 0 saturated carbocycles. The maximum Gasteiger partial charge on any atom is 0.305 e. The first-order valence-corrected chi connectivity index (χ1v) is 34.6. The van der Waals surface area contributed by atoms with Gasteiger partial charge in [0.25, 0.3) is 0 Å². The Kier molecular flexibility index (Phi) is 64.4. The van der Waals surface area contributed by atoms with Gasteiger partial charge in [-0.1, -0.05) is 340 Å². The Morgan fingerprint density at radius 2 is 0.658 bits per heavy atom. The monoisotopic (exact) mass is 1070 g/mol. The van der Waals surface area contributed by atoms with Gasteiger partial charge < -0.3 is 20.3 Å². The van der Waals surface area contributed by atoms with E-state index in [1.165, 1.54) is 308 Å². The lowest BCUT2D eigenvalue weighted by Gasteiger charge is -2.22. The molecule has 0 aromatic heterocycles. The number of unbranched alkanes of at least 4 members (excludes halogenated alkanes) is 50. The summed E-state index contributed by atoms with van der Waals surface area (Å²) in [5.41, 5.74) is 0. The number of aliphatic hydroxyl groups excluding tert-OH is 2. The molecule has 0 aliphatic rings. The Hall–Kier alpha value is -1.66. The molecule has 0 heterocycles. The zero-order valence-corrected chi connectivity index (χ0v) is 51.5. The number of aliphatic hydroxyl groups is 2. The number of esters is 1. The summed E-state index contributed by atoms with van der Waals surface area (Å²) in [6.45, 7) is 4.97. The Balaban J connectivity index is 3.36. The van der Waals surface area contributed by atoms with Crippen LogP contribution in [0.4, 0.5) is 0 Å². The minimum atomic E-state index is -0.663. The molecule has 0 aliphatic heterocycles. The van der Waals surface area contributed by atoms with Crippen molar-refractivity contribution in [1.29, 1.82) is 0 Å². The van der Waals surface area contributed by atoms with Gasteiger partial charge in [-0.05, 0) is 57.8 Å². The van der Waals surface area contributed by atoms with Crippen molar-refractivity contribution in [2.24, 2.45) is 0 Å². The quantitative estimate of drug-likeness (QED) is 0.0320. The van der Waals surface area contributed by atoms with Crippen LogP contribution < -0.4 is 5.32 Å². The van der Waals surface area contributed by atoms with Crippen molar-refractivity contribution in [1.82, 2.24) is 5.32 Å². The second-order valence-electron chi connectivity index (χ2n) is 23.9. The van der Waals surface area contributed by atoms with Gasteiger partial charge in [0.1, 0.15) is 0 Å². The third-order valence-corrected chi connectivity index (χ3v) is 16.3. The smallest absolute Gasteiger partial charge is 0.305 e. The molecule has 0 fully saturated rings. The van der Waals surface area contributed by atoms with E-state index in [-0.39, 0.29) is 18.5 Å². The van der Waals surface area contributed by atoms with E-state index in [1.807, 2.05) is 0 Å². The van der Waals surface area contributed by atoms with Gasteiger partial charge in [-0.25, -0.2) is 0 Å². The summed E-state index contributed by atoms with van der Waals surface area (Å²) in [6.07, 6.45) is 82.3. The second kappa shape index (κ2) is 65.9. The molecule has 6 nitrogen and oxygen atoms in total. The standard InChI is InChI=1S/C70H135NO5/c1-3-5-7-9-11-13-15-16-17-18-30-34-37-40-44-48-52-56-60-64-70(75)76-65-61-57-53-49-45-41-38-35-32-29-27-25-23-21-19-20-22-24-26-28-31-33-36-39-43-47-51-55-59-63-69(74)71-67(66-72)68(73)62-58-54-50-46-42-14-12-10-8-6-4-2/h19,21,25,27,67-68,72-73H,3-18,20,22-24,26,28-66H2,1-2H3,(H,71,74)/b21-19-,27-25-. The van der Waals surface area contributed by atoms with E-state index in [2.05, 4.69) is 43.5 Å². The van der Waals surface area contributed by atoms with Crippen molar-refractivity contribution >= 4 is 11.9 Å². The third kappa shape index (κ3) is 61.6. The Labute approximate surface area is 475 Å². The number of hydrogen-bond acceptors (Lipinski definition) is 5. The number of nitrogens with one attached hydrogen (secondary N) is 1. The number of allylic oxidation sites excluding steroid dienone is 4. The lowest BCUT2D eigenvalue weighted by atomic mass is 10.0. The van der Waals surface area contributed by atoms with Crippen molar-refractivity contribution in [3.8, 4) is 0 Å². The zero-order chi connectivity index (χ0) is 55.0. The van der Waals surface area contributed by atoms with E-state index in [4.69, 9.17) is 4.74 Å². The van der Waals surface area contributed by atoms with Gasteiger partial charge in [-0.15, -0.1) is 0 Å². The lowest BCUT2D eigenvalue weighted by Crippen LogP contribution is -2.45. The molecule has 0 bridgehead atoms. The molecule has 0 aliphatic carbocycles. The van der Waals surface area contributed by atoms with Crippen LogP contribution >= 0.6 is 0 Å². The van der Waals surface area contributed by atoms with E-state index >= 15 is 0 Å². The van der Waals surface area contributed by atoms with E-state index in [0.717, 1.165) is 44.9 Å². The molecule has 1 amide bonds. The molecule has 76 heavy (non-hydrogen) atoms. The summed E-state index contributed by atoms with van der Waals surface area (Å²) in [4.78, 5) is 24.6. The van der Waals surface area contributed by atoms with Crippen LogP contribution in [-0.4, -0.2) is 47.4 Å². The Bertz CT molecular complexity index is 1190. The van der Waals surface area contributed by atoms with Crippen molar-refractivity contribution in [2.45, 2.75) is 398 Å². The number of hydrogen-bond donors (Lipinski definition) is 3. The van der Waals surface area contributed by atoms with Crippen LogP contribution in [0.5, 0.6) is 0 Å². The number of carbonyl (C=O) groups is 2. The van der Waals surface area contributed by atoms with Gasteiger partial charge >= 0.3 is 5.97 Å². The highest BCUT2D eigenvalue weighted by atomic mass is 16.5. The summed E-state index contributed by atoms with van der Waals surface area (Å²) in [5.74, 6) is -0.0180. The highest BCUT2D eigenvalue weighted by Crippen LogP contribution is 2.19. The molecule has 0 rings (SSSR count). The van der Waals surface area contributed by atoms with E-state index in [0.29, 0.717) is 25.9 Å². The number of ether oxygens (including phenoxy) is 1. The van der Waals surface area contributed by atoms with Crippen LogP contribution in [0.2, 0.25) is 0 Å². The molecule has 0 aromatic rings. The zero-order valence-electron chi connectivity index (χ0n) is 51.5. The fraction of sp³-hybridized carbons (Fsp3) is 0.914. The summed E-state index contributed by atoms with van der Waals surface area (Å²) in [6, 6.07) is -0.541. The summed E-state index contributed by atoms with van der Waals surface area (Å²) < 4.78 is 5.51. The predicted molar refractivity (Wildman–Crippen MR) is 333 cm³/mol. The van der Waals surface area contributed by atoms with Crippen LogP contribution in [0.15, 0.2) is 24.3 Å². The molecule has 3 N–H and O–H groups in total. The summed E-state index contributed by atoms with van der Waals surface area (Å²) in [5, 5.41) is 23.2. The fourth-order valence-corrected chi connectivity index (χ4v) is 11.0.